The van der Waals surface area contributed by atoms with Crippen molar-refractivity contribution in [3.05, 3.63) is 58.1 Å². The molecule has 1 unspecified atom stereocenters. The Balaban J connectivity index is 1.45. The van der Waals surface area contributed by atoms with Crippen LogP contribution in [0, 0.1) is 0 Å². The van der Waals surface area contributed by atoms with E-state index in [1.807, 2.05) is 34.5 Å². The van der Waals surface area contributed by atoms with Gasteiger partial charge in [0, 0.05) is 42.9 Å². The van der Waals surface area contributed by atoms with Gasteiger partial charge in [0.1, 0.15) is 5.75 Å². The molecule has 0 aliphatic carbocycles. The first-order valence-electron chi connectivity index (χ1n) is 12.0. The molecule has 1 N–H and O–H groups in total. The number of nitrogens with zero attached hydrogens (tertiary/aromatic N) is 4. The zero-order chi connectivity index (χ0) is 24.6. The molecule has 9 heteroatoms. The average molecular weight is 559 g/mol. The second-order valence-corrected chi connectivity index (χ2v) is 10.8. The van der Waals surface area contributed by atoms with Crippen LogP contribution in [0.3, 0.4) is 0 Å². The van der Waals surface area contributed by atoms with Crippen LogP contribution in [0.5, 0.6) is 5.75 Å². The second kappa shape index (κ2) is 12.5. The monoisotopic (exact) mass is 557 g/mol. The molecule has 0 saturated carbocycles. The van der Waals surface area contributed by atoms with Crippen molar-refractivity contribution in [3.63, 3.8) is 0 Å². The molecule has 186 valence electrons. The molecule has 1 fully saturated rings. The van der Waals surface area contributed by atoms with E-state index in [9.17, 15) is 4.79 Å². The SMILES string of the molecule is CN(C)CCCOc1cccc(-c2sccc2C(=O)N2CCCCC2CNc2ncc(Br)cn2)c1. The highest BCUT2D eigenvalue weighted by atomic mass is 79.9. The third-order valence-corrected chi connectivity index (χ3v) is 7.39. The fourth-order valence-electron chi connectivity index (χ4n) is 4.25. The van der Waals surface area contributed by atoms with Crippen LogP contribution in [0.4, 0.5) is 5.95 Å². The number of aromatic nitrogens is 2. The molecule has 1 atom stereocenters. The standard InChI is InChI=1S/C26H32BrN5O2S/c1-31(2)11-6-13-34-22-9-5-7-19(15-22)24-23(10-14-35-24)25(33)32-12-4-3-8-21(32)18-30-26-28-16-20(27)17-29-26/h5,7,9-10,14-17,21H,3-4,6,8,11-13,18H2,1-2H3,(H,28,29,30). The summed E-state index contributed by atoms with van der Waals surface area (Å²) < 4.78 is 6.81. The smallest absolute Gasteiger partial charge is 0.255 e. The van der Waals surface area contributed by atoms with Crippen LogP contribution < -0.4 is 10.1 Å². The minimum absolute atomic E-state index is 0.0850. The van der Waals surface area contributed by atoms with Crippen LogP contribution in [0.25, 0.3) is 10.4 Å². The average Bonchev–Trinajstić information content (AvgIpc) is 3.36. The molecule has 1 aromatic carbocycles. The number of amides is 1. The Kier molecular flexibility index (Phi) is 9.12. The van der Waals surface area contributed by atoms with Crippen molar-refractivity contribution in [1.82, 2.24) is 19.8 Å². The van der Waals surface area contributed by atoms with Gasteiger partial charge < -0.3 is 19.9 Å². The predicted octanol–water partition coefficient (Wildman–Crippen LogP) is 5.40. The summed E-state index contributed by atoms with van der Waals surface area (Å²) in [4.78, 5) is 27.5. The summed E-state index contributed by atoms with van der Waals surface area (Å²) in [5.41, 5.74) is 1.77. The lowest BCUT2D eigenvalue weighted by Gasteiger charge is -2.36. The molecule has 3 aromatic rings. The van der Waals surface area contributed by atoms with Crippen molar-refractivity contribution in [1.29, 1.82) is 0 Å². The summed E-state index contributed by atoms with van der Waals surface area (Å²) in [6.07, 6.45) is 7.50. The minimum Gasteiger partial charge on any atom is -0.494 e. The van der Waals surface area contributed by atoms with Gasteiger partial charge in [-0.05, 0) is 84.9 Å². The number of likely N-dealkylation sites (tertiary alicyclic amines) is 1. The summed E-state index contributed by atoms with van der Waals surface area (Å²) in [6, 6.07) is 10.1. The van der Waals surface area contributed by atoms with Crippen LogP contribution in [-0.4, -0.2) is 72.1 Å². The zero-order valence-electron chi connectivity index (χ0n) is 20.2. The molecule has 0 radical (unpaired) electrons. The highest BCUT2D eigenvalue weighted by Crippen LogP contribution is 2.34. The molecule has 1 amide bonds. The first kappa shape index (κ1) is 25.6. The summed E-state index contributed by atoms with van der Waals surface area (Å²) in [5, 5.41) is 5.30. The van der Waals surface area contributed by atoms with Crippen LogP contribution in [0.1, 0.15) is 36.0 Å². The summed E-state index contributed by atoms with van der Waals surface area (Å²) in [7, 11) is 4.13. The van der Waals surface area contributed by atoms with Gasteiger partial charge in [-0.3, -0.25) is 4.79 Å². The number of piperidine rings is 1. The maximum atomic E-state index is 13.7. The van der Waals surface area contributed by atoms with Crippen LogP contribution in [-0.2, 0) is 0 Å². The number of carbonyl (C=O) groups is 1. The fourth-order valence-corrected chi connectivity index (χ4v) is 5.34. The molecule has 35 heavy (non-hydrogen) atoms. The second-order valence-electron chi connectivity index (χ2n) is 8.95. The van der Waals surface area contributed by atoms with Gasteiger partial charge in [0.15, 0.2) is 0 Å². The molecule has 1 aliphatic heterocycles. The van der Waals surface area contributed by atoms with Crippen LogP contribution in [0.15, 0.2) is 52.6 Å². The Morgan fingerprint density at radius 3 is 2.89 bits per heavy atom. The molecule has 0 spiro atoms. The van der Waals surface area contributed by atoms with Crippen molar-refractivity contribution in [2.45, 2.75) is 31.7 Å². The number of thiophene rings is 1. The topological polar surface area (TPSA) is 70.6 Å². The molecule has 0 bridgehead atoms. The Hall–Kier alpha value is -2.49. The van der Waals surface area contributed by atoms with E-state index in [4.69, 9.17) is 4.74 Å². The lowest BCUT2D eigenvalue weighted by molar-refractivity contribution is 0.0629. The van der Waals surface area contributed by atoms with Crippen molar-refractivity contribution in [2.24, 2.45) is 0 Å². The third-order valence-electron chi connectivity index (χ3n) is 6.01. The Morgan fingerprint density at radius 1 is 1.26 bits per heavy atom. The van der Waals surface area contributed by atoms with Crippen molar-refractivity contribution >= 4 is 39.1 Å². The number of benzene rings is 1. The number of hydrogen-bond acceptors (Lipinski definition) is 7. The number of carbonyl (C=O) groups excluding carboxylic acids is 1. The maximum Gasteiger partial charge on any atom is 0.255 e. The maximum absolute atomic E-state index is 13.7. The Morgan fingerprint density at radius 2 is 2.09 bits per heavy atom. The fraction of sp³-hybridized carbons (Fsp3) is 0.423. The highest BCUT2D eigenvalue weighted by molar-refractivity contribution is 9.10. The molecular weight excluding hydrogens is 526 g/mol. The summed E-state index contributed by atoms with van der Waals surface area (Å²) in [5.74, 6) is 1.49. The number of hydrogen-bond donors (Lipinski definition) is 1. The van der Waals surface area contributed by atoms with Gasteiger partial charge >= 0.3 is 0 Å². The quantitative estimate of drug-likeness (QED) is 0.336. The van der Waals surface area contributed by atoms with Crippen molar-refractivity contribution in [3.8, 4) is 16.2 Å². The molecule has 7 nitrogen and oxygen atoms in total. The lowest BCUT2D eigenvalue weighted by atomic mass is 10.00. The van der Waals surface area contributed by atoms with E-state index in [-0.39, 0.29) is 11.9 Å². The highest BCUT2D eigenvalue weighted by Gasteiger charge is 2.29. The van der Waals surface area contributed by atoms with E-state index in [0.29, 0.717) is 19.1 Å². The van der Waals surface area contributed by atoms with E-state index in [0.717, 1.165) is 65.0 Å². The summed E-state index contributed by atoms with van der Waals surface area (Å²) in [6.45, 7) is 3.05. The minimum atomic E-state index is 0.0850. The normalized spacial score (nSPS) is 15.9. The van der Waals surface area contributed by atoms with E-state index in [2.05, 4.69) is 56.3 Å². The van der Waals surface area contributed by atoms with E-state index in [1.165, 1.54) is 0 Å². The third kappa shape index (κ3) is 7.02. The molecule has 1 saturated heterocycles. The van der Waals surface area contributed by atoms with Gasteiger partial charge in [-0.15, -0.1) is 11.3 Å². The molecule has 4 rings (SSSR count). The van der Waals surface area contributed by atoms with Gasteiger partial charge in [-0.25, -0.2) is 9.97 Å². The summed E-state index contributed by atoms with van der Waals surface area (Å²) >= 11 is 4.96. The zero-order valence-corrected chi connectivity index (χ0v) is 22.6. The number of anilines is 1. The first-order chi connectivity index (χ1) is 17.0. The molecule has 1 aliphatic rings. The first-order valence-corrected chi connectivity index (χ1v) is 13.7. The van der Waals surface area contributed by atoms with E-state index in [1.54, 1.807) is 23.7 Å². The molecule has 2 aromatic heterocycles. The number of nitrogens with one attached hydrogen (secondary N) is 1. The Bertz CT molecular complexity index is 1110. The van der Waals surface area contributed by atoms with E-state index < -0.39 is 0 Å². The molecular formula is C26H32BrN5O2S. The largest absolute Gasteiger partial charge is 0.494 e. The van der Waals surface area contributed by atoms with Crippen LogP contribution >= 0.6 is 27.3 Å². The van der Waals surface area contributed by atoms with Crippen molar-refractivity contribution in [2.75, 3.05) is 45.7 Å². The van der Waals surface area contributed by atoms with Crippen LogP contribution in [0.2, 0.25) is 0 Å². The number of ether oxygens (including phenoxy) is 1. The molecule has 3 heterocycles. The lowest BCUT2D eigenvalue weighted by Crippen LogP contribution is -2.47. The Labute approximate surface area is 219 Å². The predicted molar refractivity (Wildman–Crippen MR) is 145 cm³/mol. The van der Waals surface area contributed by atoms with Crippen molar-refractivity contribution < 1.29 is 9.53 Å². The van der Waals surface area contributed by atoms with Gasteiger partial charge in [-0.1, -0.05) is 12.1 Å². The van der Waals surface area contributed by atoms with E-state index >= 15 is 0 Å². The van der Waals surface area contributed by atoms with Gasteiger partial charge in [-0.2, -0.15) is 0 Å². The van der Waals surface area contributed by atoms with Gasteiger partial charge in [0.25, 0.3) is 5.91 Å². The number of halogens is 1. The van der Waals surface area contributed by atoms with Gasteiger partial charge in [0.2, 0.25) is 5.95 Å². The van der Waals surface area contributed by atoms with Gasteiger partial charge in [0.05, 0.1) is 16.6 Å². The number of rotatable bonds is 10.